The van der Waals surface area contributed by atoms with Crippen LogP contribution in [-0.2, 0) is 25.6 Å². The Morgan fingerprint density at radius 1 is 1.21 bits per heavy atom. The molecule has 2 atom stereocenters. The summed E-state index contributed by atoms with van der Waals surface area (Å²) in [5, 5.41) is 10.2. The normalized spacial score (nSPS) is 14.3. The zero-order valence-electron chi connectivity index (χ0n) is 13.4. The van der Waals surface area contributed by atoms with Gasteiger partial charge >= 0.3 is 0 Å². The van der Waals surface area contributed by atoms with Gasteiger partial charge in [0.2, 0.25) is 0 Å². The van der Waals surface area contributed by atoms with E-state index in [4.69, 9.17) is 13.9 Å². The molecule has 132 valence electrons. The van der Waals surface area contributed by atoms with E-state index in [1.807, 2.05) is 12.1 Å². The van der Waals surface area contributed by atoms with Crippen LogP contribution in [0.15, 0.2) is 47.1 Å². The van der Waals surface area contributed by atoms with E-state index >= 15 is 0 Å². The van der Waals surface area contributed by atoms with E-state index in [2.05, 4.69) is 4.18 Å². The largest absolute Gasteiger partial charge is 0.497 e. The summed E-state index contributed by atoms with van der Waals surface area (Å²) in [4.78, 5) is 0. The third-order valence-electron chi connectivity index (χ3n) is 3.21. The van der Waals surface area contributed by atoms with Gasteiger partial charge < -0.3 is 19.0 Å². The predicted molar refractivity (Wildman–Crippen MR) is 86.0 cm³/mol. The highest BCUT2D eigenvalue weighted by Gasteiger charge is 2.26. The van der Waals surface area contributed by atoms with Crippen molar-refractivity contribution in [3.05, 3.63) is 54.0 Å². The van der Waals surface area contributed by atoms with Gasteiger partial charge in [0.1, 0.15) is 23.7 Å². The van der Waals surface area contributed by atoms with Crippen molar-refractivity contribution in [2.75, 3.05) is 20.0 Å². The lowest BCUT2D eigenvalue weighted by molar-refractivity contribution is -0.0719. The first-order valence-electron chi connectivity index (χ1n) is 7.19. The summed E-state index contributed by atoms with van der Waals surface area (Å²) in [5.41, 5.74) is 0.864. The first-order chi connectivity index (χ1) is 11.4. The smallest absolute Gasteiger partial charge is 0.264 e. The van der Waals surface area contributed by atoms with Crippen molar-refractivity contribution >= 4 is 10.1 Å². The maximum absolute atomic E-state index is 11.1. The van der Waals surface area contributed by atoms with Crippen molar-refractivity contribution in [1.82, 2.24) is 0 Å². The first kappa shape index (κ1) is 18.5. The number of rotatable bonds is 9. The fourth-order valence-electron chi connectivity index (χ4n) is 2.02. The Morgan fingerprint density at radius 3 is 2.46 bits per heavy atom. The van der Waals surface area contributed by atoms with Crippen LogP contribution < -0.4 is 4.74 Å². The third-order valence-corrected chi connectivity index (χ3v) is 3.78. The molecule has 0 aliphatic carbocycles. The molecule has 0 spiro atoms. The second kappa shape index (κ2) is 8.29. The molecule has 0 radical (unpaired) electrons. The minimum atomic E-state index is -3.66. The topological polar surface area (TPSA) is 95.2 Å². The fourth-order valence-corrected chi connectivity index (χ4v) is 2.41. The summed E-state index contributed by atoms with van der Waals surface area (Å²) in [5.74, 6) is 1.11. The maximum Gasteiger partial charge on any atom is 0.264 e. The van der Waals surface area contributed by atoms with Crippen LogP contribution in [0.25, 0.3) is 0 Å². The van der Waals surface area contributed by atoms with Gasteiger partial charge in [0, 0.05) is 0 Å². The molecule has 0 unspecified atom stereocenters. The molecule has 0 saturated heterocycles. The Hall–Kier alpha value is -1.87. The summed E-state index contributed by atoms with van der Waals surface area (Å²) >= 11 is 0. The van der Waals surface area contributed by atoms with Crippen molar-refractivity contribution < 1.29 is 31.6 Å². The van der Waals surface area contributed by atoms with Crippen LogP contribution in [0.5, 0.6) is 5.75 Å². The van der Waals surface area contributed by atoms with Gasteiger partial charge in [-0.3, -0.25) is 4.18 Å². The van der Waals surface area contributed by atoms with Crippen molar-refractivity contribution in [3.8, 4) is 5.75 Å². The van der Waals surface area contributed by atoms with Gasteiger partial charge in [0.25, 0.3) is 10.1 Å². The lowest BCUT2D eigenvalue weighted by Gasteiger charge is -2.21. The molecule has 0 saturated carbocycles. The average molecular weight is 356 g/mol. The van der Waals surface area contributed by atoms with Gasteiger partial charge in [-0.15, -0.1) is 0 Å². The lowest BCUT2D eigenvalue weighted by Crippen LogP contribution is -2.27. The highest BCUT2D eigenvalue weighted by molar-refractivity contribution is 7.85. The van der Waals surface area contributed by atoms with Gasteiger partial charge in [-0.25, -0.2) is 0 Å². The minimum Gasteiger partial charge on any atom is -0.497 e. The molecule has 2 rings (SSSR count). The van der Waals surface area contributed by atoms with Crippen molar-refractivity contribution in [3.63, 3.8) is 0 Å². The van der Waals surface area contributed by atoms with Crippen LogP contribution in [0.2, 0.25) is 0 Å². The zero-order chi connectivity index (χ0) is 17.6. The number of methoxy groups -OCH3 is 1. The molecule has 0 aliphatic heterocycles. The SMILES string of the molecule is COc1ccc(CO[C@@H](c2ccco2)[C@H](O)COS(C)(=O)=O)cc1. The Balaban J connectivity index is 2.03. The Labute approximate surface area is 140 Å². The van der Waals surface area contributed by atoms with Gasteiger partial charge in [-0.05, 0) is 29.8 Å². The van der Waals surface area contributed by atoms with Crippen LogP contribution in [0.3, 0.4) is 0 Å². The zero-order valence-corrected chi connectivity index (χ0v) is 14.2. The van der Waals surface area contributed by atoms with E-state index < -0.39 is 28.9 Å². The number of ether oxygens (including phenoxy) is 2. The molecule has 0 fully saturated rings. The number of aliphatic hydroxyl groups excluding tert-OH is 1. The molecule has 8 heteroatoms. The molecule has 7 nitrogen and oxygen atoms in total. The van der Waals surface area contributed by atoms with E-state index in [9.17, 15) is 13.5 Å². The van der Waals surface area contributed by atoms with Gasteiger partial charge in [-0.2, -0.15) is 8.42 Å². The summed E-state index contributed by atoms with van der Waals surface area (Å²) in [6.07, 6.45) is 0.302. The highest BCUT2D eigenvalue weighted by atomic mass is 32.2. The summed E-state index contributed by atoms with van der Waals surface area (Å²) in [7, 11) is -2.08. The third kappa shape index (κ3) is 5.64. The molecule has 1 aromatic carbocycles. The van der Waals surface area contributed by atoms with Crippen LogP contribution in [0.4, 0.5) is 0 Å². The molecular weight excluding hydrogens is 336 g/mol. The van der Waals surface area contributed by atoms with Crippen molar-refractivity contribution in [2.24, 2.45) is 0 Å². The number of hydrogen-bond donors (Lipinski definition) is 1. The van der Waals surface area contributed by atoms with Gasteiger partial charge in [0.05, 0.1) is 32.8 Å². The maximum atomic E-state index is 11.1. The first-order valence-corrected chi connectivity index (χ1v) is 9.01. The number of hydrogen-bond acceptors (Lipinski definition) is 7. The molecule has 0 bridgehead atoms. The highest BCUT2D eigenvalue weighted by Crippen LogP contribution is 2.24. The molecule has 1 heterocycles. The Kier molecular flexibility index (Phi) is 6.38. The van der Waals surface area contributed by atoms with Crippen molar-refractivity contribution in [1.29, 1.82) is 0 Å². The summed E-state index contributed by atoms with van der Waals surface area (Å²) < 4.78 is 42.9. The average Bonchev–Trinajstić information content (AvgIpc) is 3.07. The fraction of sp³-hybridized carbons (Fsp3) is 0.375. The van der Waals surface area contributed by atoms with E-state index in [0.717, 1.165) is 17.6 Å². The number of aliphatic hydroxyl groups is 1. The summed E-state index contributed by atoms with van der Waals surface area (Å²) in [6, 6.07) is 10.5. The molecule has 0 aliphatic rings. The van der Waals surface area contributed by atoms with Crippen LogP contribution >= 0.6 is 0 Å². The molecule has 0 amide bonds. The summed E-state index contributed by atoms with van der Waals surface area (Å²) in [6.45, 7) is -0.224. The van der Waals surface area contributed by atoms with Crippen LogP contribution in [0.1, 0.15) is 17.4 Å². The predicted octanol–water partition coefficient (Wildman–Crippen LogP) is 1.88. The minimum absolute atomic E-state index is 0.200. The van der Waals surface area contributed by atoms with E-state index in [1.165, 1.54) is 6.26 Å². The van der Waals surface area contributed by atoms with E-state index in [1.54, 1.807) is 31.4 Å². The van der Waals surface area contributed by atoms with Crippen LogP contribution in [-0.4, -0.2) is 39.6 Å². The molecule has 1 aromatic heterocycles. The second-order valence-corrected chi connectivity index (χ2v) is 6.80. The monoisotopic (exact) mass is 356 g/mol. The standard InChI is InChI=1S/C16H20O7S/c1-20-13-7-5-12(6-8-13)10-22-16(15-4-3-9-21-15)14(17)11-23-24(2,18)19/h3-9,14,16-17H,10-11H2,1-2H3/t14-,16-/m1/s1. The van der Waals surface area contributed by atoms with Crippen molar-refractivity contribution in [2.45, 2.75) is 18.8 Å². The molecular formula is C16H20O7S. The van der Waals surface area contributed by atoms with E-state index in [-0.39, 0.29) is 6.61 Å². The molecule has 24 heavy (non-hydrogen) atoms. The number of benzene rings is 1. The Bertz CT molecular complexity index is 707. The molecule has 2 aromatic rings. The van der Waals surface area contributed by atoms with Gasteiger partial charge in [-0.1, -0.05) is 12.1 Å². The van der Waals surface area contributed by atoms with Crippen LogP contribution in [0, 0.1) is 0 Å². The molecule has 1 N–H and O–H groups in total. The second-order valence-electron chi connectivity index (χ2n) is 5.15. The Morgan fingerprint density at radius 2 is 1.92 bits per heavy atom. The van der Waals surface area contributed by atoms with Gasteiger partial charge in [0.15, 0.2) is 0 Å². The quantitative estimate of drug-likeness (QED) is 0.685. The number of furan rings is 1. The van der Waals surface area contributed by atoms with E-state index in [0.29, 0.717) is 5.76 Å². The lowest BCUT2D eigenvalue weighted by atomic mass is 10.1.